The van der Waals surface area contributed by atoms with Crippen molar-refractivity contribution in [3.8, 4) is 0 Å². The summed E-state index contributed by atoms with van der Waals surface area (Å²) in [4.78, 5) is 0. The summed E-state index contributed by atoms with van der Waals surface area (Å²) in [6.45, 7) is 5.19. The molecule has 1 saturated heterocycles. The lowest BCUT2D eigenvalue weighted by atomic mass is 9.75. The summed E-state index contributed by atoms with van der Waals surface area (Å²) in [5.41, 5.74) is 1.30. The maximum absolute atomic E-state index is 11.8. The molecule has 1 aromatic carbocycles. The molecule has 1 heterocycles. The van der Waals surface area contributed by atoms with Crippen molar-refractivity contribution in [3.63, 3.8) is 0 Å². The second-order valence-corrected chi connectivity index (χ2v) is 8.99. The lowest BCUT2D eigenvalue weighted by Gasteiger charge is -2.35. The molecule has 1 unspecified atom stereocenters. The van der Waals surface area contributed by atoms with E-state index in [1.165, 1.54) is 5.56 Å². The third-order valence-corrected chi connectivity index (χ3v) is 7.08. The predicted molar refractivity (Wildman–Crippen MR) is 93.4 cm³/mol. The normalized spacial score (nSPS) is 21.7. The Morgan fingerprint density at radius 3 is 2.41 bits per heavy atom. The van der Waals surface area contributed by atoms with Gasteiger partial charge in [0.25, 0.3) is 0 Å². The largest absolute Gasteiger partial charge is 0.312 e. The van der Waals surface area contributed by atoms with Gasteiger partial charge in [0.05, 0.1) is 11.5 Å². The van der Waals surface area contributed by atoms with Crippen LogP contribution in [0.4, 0.5) is 0 Å². The summed E-state index contributed by atoms with van der Waals surface area (Å²) in [5, 5.41) is 4.27. The molecule has 1 N–H and O–H groups in total. The molecule has 1 atom stereocenters. The standard InChI is InChI=1S/C17H26ClNO2S/c1-3-17(4-2,14-7-9-15(18)10-8-14)13-19-16-6-5-11-22(20,21)12-16/h7-10,16,19H,3-6,11-13H2,1-2H3. The van der Waals surface area contributed by atoms with Gasteiger partial charge in [0.15, 0.2) is 9.84 Å². The van der Waals surface area contributed by atoms with E-state index in [0.717, 1.165) is 37.3 Å². The molecule has 124 valence electrons. The third-order valence-electron chi connectivity index (χ3n) is 5.00. The molecule has 3 nitrogen and oxygen atoms in total. The van der Waals surface area contributed by atoms with Crippen molar-refractivity contribution >= 4 is 21.4 Å². The van der Waals surface area contributed by atoms with Crippen LogP contribution in [0.2, 0.25) is 5.02 Å². The smallest absolute Gasteiger partial charge is 0.151 e. The monoisotopic (exact) mass is 343 g/mol. The van der Waals surface area contributed by atoms with E-state index in [1.54, 1.807) is 0 Å². The minimum absolute atomic E-state index is 0.0335. The molecule has 22 heavy (non-hydrogen) atoms. The zero-order valence-corrected chi connectivity index (χ0v) is 15.0. The van der Waals surface area contributed by atoms with Gasteiger partial charge in [-0.2, -0.15) is 0 Å². The van der Waals surface area contributed by atoms with Crippen LogP contribution in [0.3, 0.4) is 0 Å². The number of halogens is 1. The van der Waals surface area contributed by atoms with Crippen molar-refractivity contribution in [2.75, 3.05) is 18.1 Å². The number of benzene rings is 1. The molecule has 1 aromatic rings. The molecule has 0 aromatic heterocycles. The molecule has 0 bridgehead atoms. The Hall–Kier alpha value is -0.580. The Morgan fingerprint density at radius 1 is 1.23 bits per heavy atom. The van der Waals surface area contributed by atoms with Gasteiger partial charge < -0.3 is 5.32 Å². The first-order valence-corrected chi connectivity index (χ1v) is 10.3. The van der Waals surface area contributed by atoms with E-state index >= 15 is 0 Å². The topological polar surface area (TPSA) is 46.2 Å². The molecule has 0 saturated carbocycles. The van der Waals surface area contributed by atoms with Crippen molar-refractivity contribution in [1.29, 1.82) is 0 Å². The zero-order chi connectivity index (χ0) is 16.2. The molecule has 5 heteroatoms. The SMILES string of the molecule is CCC(CC)(CNC1CCCS(=O)(=O)C1)c1ccc(Cl)cc1. The van der Waals surface area contributed by atoms with Gasteiger partial charge in [-0.3, -0.25) is 0 Å². The minimum atomic E-state index is -2.86. The van der Waals surface area contributed by atoms with Crippen molar-refractivity contribution < 1.29 is 8.42 Å². The fourth-order valence-electron chi connectivity index (χ4n) is 3.34. The van der Waals surface area contributed by atoms with Gasteiger partial charge in [0, 0.05) is 23.0 Å². The van der Waals surface area contributed by atoms with E-state index in [-0.39, 0.29) is 17.2 Å². The van der Waals surface area contributed by atoms with Crippen LogP contribution in [0.1, 0.15) is 45.1 Å². The summed E-state index contributed by atoms with van der Waals surface area (Å²) in [7, 11) is -2.86. The van der Waals surface area contributed by atoms with Gasteiger partial charge in [-0.1, -0.05) is 37.6 Å². The molecular formula is C17H26ClNO2S. The quantitative estimate of drug-likeness (QED) is 0.859. The number of sulfone groups is 1. The van der Waals surface area contributed by atoms with Gasteiger partial charge in [0.2, 0.25) is 0 Å². The summed E-state index contributed by atoms with van der Waals surface area (Å²) < 4.78 is 23.6. The highest BCUT2D eigenvalue weighted by Crippen LogP contribution is 2.32. The second kappa shape index (κ2) is 7.33. The predicted octanol–water partition coefficient (Wildman–Crippen LogP) is 3.56. The Bertz CT molecular complexity index is 579. The average molecular weight is 344 g/mol. The third kappa shape index (κ3) is 4.24. The van der Waals surface area contributed by atoms with Crippen LogP contribution in [0.25, 0.3) is 0 Å². The second-order valence-electron chi connectivity index (χ2n) is 6.33. The van der Waals surface area contributed by atoms with Crippen LogP contribution >= 0.6 is 11.6 Å². The average Bonchev–Trinajstić information content (AvgIpc) is 2.49. The summed E-state index contributed by atoms with van der Waals surface area (Å²) >= 11 is 6.00. The summed E-state index contributed by atoms with van der Waals surface area (Å²) in [5.74, 6) is 0.617. The molecular weight excluding hydrogens is 318 g/mol. The first kappa shape index (κ1) is 17.8. The summed E-state index contributed by atoms with van der Waals surface area (Å²) in [6, 6.07) is 8.14. The lowest BCUT2D eigenvalue weighted by Crippen LogP contribution is -2.46. The Kier molecular flexibility index (Phi) is 5.92. The van der Waals surface area contributed by atoms with Gasteiger partial charge in [-0.25, -0.2) is 8.42 Å². The van der Waals surface area contributed by atoms with Crippen molar-refractivity contribution in [2.45, 2.75) is 51.0 Å². The first-order valence-electron chi connectivity index (χ1n) is 8.10. The van der Waals surface area contributed by atoms with Gasteiger partial charge >= 0.3 is 0 Å². The molecule has 0 aliphatic carbocycles. The van der Waals surface area contributed by atoms with E-state index in [2.05, 4.69) is 31.3 Å². The molecule has 1 aliphatic heterocycles. The number of hydrogen-bond acceptors (Lipinski definition) is 3. The van der Waals surface area contributed by atoms with Crippen LogP contribution in [0.5, 0.6) is 0 Å². The molecule has 2 rings (SSSR count). The lowest BCUT2D eigenvalue weighted by molar-refractivity contribution is 0.341. The Balaban J connectivity index is 2.10. The van der Waals surface area contributed by atoms with Crippen LogP contribution in [-0.2, 0) is 15.3 Å². The van der Waals surface area contributed by atoms with E-state index in [9.17, 15) is 8.42 Å². The number of hydrogen-bond donors (Lipinski definition) is 1. The maximum Gasteiger partial charge on any atom is 0.151 e. The number of nitrogens with one attached hydrogen (secondary N) is 1. The number of rotatable bonds is 6. The highest BCUT2D eigenvalue weighted by Gasteiger charge is 2.31. The maximum atomic E-state index is 11.8. The van der Waals surface area contributed by atoms with Crippen molar-refractivity contribution in [2.24, 2.45) is 0 Å². The fraction of sp³-hybridized carbons (Fsp3) is 0.647. The Labute approximate surface area is 139 Å². The highest BCUT2D eigenvalue weighted by molar-refractivity contribution is 7.91. The van der Waals surface area contributed by atoms with Gasteiger partial charge in [-0.05, 0) is 43.4 Å². The highest BCUT2D eigenvalue weighted by atomic mass is 35.5. The van der Waals surface area contributed by atoms with E-state index in [1.807, 2.05) is 12.1 Å². The van der Waals surface area contributed by atoms with E-state index < -0.39 is 9.84 Å². The Morgan fingerprint density at radius 2 is 1.86 bits per heavy atom. The molecule has 0 amide bonds. The van der Waals surface area contributed by atoms with Gasteiger partial charge in [-0.15, -0.1) is 0 Å². The first-order chi connectivity index (χ1) is 10.4. The van der Waals surface area contributed by atoms with Crippen LogP contribution in [0.15, 0.2) is 24.3 Å². The van der Waals surface area contributed by atoms with Crippen LogP contribution < -0.4 is 5.32 Å². The minimum Gasteiger partial charge on any atom is -0.312 e. The molecule has 1 fully saturated rings. The zero-order valence-electron chi connectivity index (χ0n) is 13.4. The fourth-order valence-corrected chi connectivity index (χ4v) is 5.13. The van der Waals surface area contributed by atoms with Gasteiger partial charge in [0.1, 0.15) is 0 Å². The summed E-state index contributed by atoms with van der Waals surface area (Å²) in [6.07, 6.45) is 3.74. The van der Waals surface area contributed by atoms with Crippen molar-refractivity contribution in [3.05, 3.63) is 34.9 Å². The van der Waals surface area contributed by atoms with Crippen LogP contribution in [-0.4, -0.2) is 32.5 Å². The molecule has 1 aliphatic rings. The molecule has 0 spiro atoms. The van der Waals surface area contributed by atoms with Crippen molar-refractivity contribution in [1.82, 2.24) is 5.32 Å². The van der Waals surface area contributed by atoms with E-state index in [0.29, 0.717) is 5.75 Å². The molecule has 0 radical (unpaired) electrons. The van der Waals surface area contributed by atoms with E-state index in [4.69, 9.17) is 11.6 Å². The van der Waals surface area contributed by atoms with Crippen LogP contribution in [0, 0.1) is 0 Å².